The van der Waals surface area contributed by atoms with Gasteiger partial charge in [-0.3, -0.25) is 4.98 Å². The zero-order valence-electron chi connectivity index (χ0n) is 12.2. The fourth-order valence-corrected chi connectivity index (χ4v) is 3.71. The Kier molecular flexibility index (Phi) is 3.97. The summed E-state index contributed by atoms with van der Waals surface area (Å²) in [5, 5.41) is 4.87. The number of aromatic nitrogens is 1. The quantitative estimate of drug-likeness (QED) is 0.867. The Morgan fingerprint density at radius 2 is 2.00 bits per heavy atom. The molecule has 0 fully saturated rings. The Labute approximate surface area is 129 Å². The highest BCUT2D eigenvalue weighted by atomic mass is 79.9. The summed E-state index contributed by atoms with van der Waals surface area (Å²) in [6.45, 7) is 5.33. The first-order valence-corrected chi connectivity index (χ1v) is 8.41. The molecular weight excluding hydrogens is 312 g/mol. The third-order valence-corrected chi connectivity index (χ3v) is 4.60. The maximum absolute atomic E-state index is 5.01. The summed E-state index contributed by atoms with van der Waals surface area (Å²) in [6, 6.07) is 4.43. The van der Waals surface area contributed by atoms with Gasteiger partial charge in [0.1, 0.15) is 0 Å². The molecular formula is C17H21BrN2. The standard InChI is InChI=1S/C17H21BrN2/c1-3-11-9-12(18)10-14-16(11)20-15-8-6-5-7-13(15)17(14)19-4-2/h9-10H,3-8H2,1-2H3,(H,19,20). The van der Waals surface area contributed by atoms with E-state index in [1.54, 1.807) is 0 Å². The minimum atomic E-state index is 0.958. The molecule has 0 aliphatic heterocycles. The lowest BCUT2D eigenvalue weighted by atomic mass is 9.92. The second kappa shape index (κ2) is 5.72. The van der Waals surface area contributed by atoms with Crippen LogP contribution in [0.1, 0.15) is 43.5 Å². The summed E-state index contributed by atoms with van der Waals surface area (Å²) in [7, 11) is 0. The van der Waals surface area contributed by atoms with Gasteiger partial charge in [0.25, 0.3) is 0 Å². The number of nitrogens with one attached hydrogen (secondary N) is 1. The molecule has 0 radical (unpaired) electrons. The molecule has 0 bridgehead atoms. The van der Waals surface area contributed by atoms with Crippen LogP contribution in [0.3, 0.4) is 0 Å². The van der Waals surface area contributed by atoms with Crippen LogP contribution in [0.4, 0.5) is 5.69 Å². The number of halogens is 1. The minimum Gasteiger partial charge on any atom is -0.384 e. The molecule has 0 atom stereocenters. The van der Waals surface area contributed by atoms with E-state index in [-0.39, 0.29) is 0 Å². The fraction of sp³-hybridized carbons (Fsp3) is 0.471. The molecule has 2 nitrogen and oxygen atoms in total. The Bertz CT molecular complexity index is 649. The number of benzene rings is 1. The predicted octanol–water partition coefficient (Wildman–Crippen LogP) is 4.87. The Balaban J connectivity index is 2.35. The van der Waals surface area contributed by atoms with Crippen LogP contribution in [-0.2, 0) is 19.3 Å². The van der Waals surface area contributed by atoms with E-state index in [4.69, 9.17) is 4.98 Å². The second-order valence-electron chi connectivity index (χ2n) is 5.46. The number of hydrogen-bond donors (Lipinski definition) is 1. The Hall–Kier alpha value is -1.09. The SMILES string of the molecule is CCNc1c2c(nc3c(CC)cc(Br)cc13)CCCC2. The Morgan fingerprint density at radius 1 is 1.20 bits per heavy atom. The van der Waals surface area contributed by atoms with E-state index in [2.05, 4.69) is 47.2 Å². The summed E-state index contributed by atoms with van der Waals surface area (Å²) in [4.78, 5) is 5.01. The van der Waals surface area contributed by atoms with Gasteiger partial charge in [0.15, 0.2) is 0 Å². The molecule has 1 aromatic heterocycles. The topological polar surface area (TPSA) is 24.9 Å². The van der Waals surface area contributed by atoms with Crippen molar-refractivity contribution in [3.63, 3.8) is 0 Å². The molecule has 1 aromatic carbocycles. The normalized spacial score (nSPS) is 14.3. The van der Waals surface area contributed by atoms with Crippen LogP contribution in [-0.4, -0.2) is 11.5 Å². The van der Waals surface area contributed by atoms with Gasteiger partial charge in [-0.2, -0.15) is 0 Å². The van der Waals surface area contributed by atoms with Gasteiger partial charge < -0.3 is 5.32 Å². The van der Waals surface area contributed by atoms with Crippen LogP contribution in [0.2, 0.25) is 0 Å². The molecule has 0 unspecified atom stereocenters. The van der Waals surface area contributed by atoms with Gasteiger partial charge in [-0.25, -0.2) is 0 Å². The van der Waals surface area contributed by atoms with E-state index in [1.807, 2.05) is 0 Å². The second-order valence-corrected chi connectivity index (χ2v) is 6.38. The first-order chi connectivity index (χ1) is 9.74. The lowest BCUT2D eigenvalue weighted by Crippen LogP contribution is -2.12. The molecule has 20 heavy (non-hydrogen) atoms. The van der Waals surface area contributed by atoms with E-state index in [0.717, 1.165) is 30.3 Å². The molecule has 2 aromatic rings. The number of pyridine rings is 1. The van der Waals surface area contributed by atoms with E-state index < -0.39 is 0 Å². The third kappa shape index (κ3) is 2.32. The predicted molar refractivity (Wildman–Crippen MR) is 89.6 cm³/mol. The maximum atomic E-state index is 5.01. The molecule has 0 saturated carbocycles. The molecule has 1 aliphatic carbocycles. The summed E-state index contributed by atoms with van der Waals surface area (Å²) < 4.78 is 1.15. The number of rotatable bonds is 3. The third-order valence-electron chi connectivity index (χ3n) is 4.14. The first kappa shape index (κ1) is 13.9. The van der Waals surface area contributed by atoms with Crippen molar-refractivity contribution < 1.29 is 0 Å². The van der Waals surface area contributed by atoms with E-state index >= 15 is 0 Å². The molecule has 3 rings (SSSR count). The summed E-state index contributed by atoms with van der Waals surface area (Å²) >= 11 is 3.65. The smallest absolute Gasteiger partial charge is 0.0758 e. The fourth-order valence-electron chi connectivity index (χ4n) is 3.21. The van der Waals surface area contributed by atoms with Crippen LogP contribution in [0.5, 0.6) is 0 Å². The van der Waals surface area contributed by atoms with Gasteiger partial charge in [0, 0.05) is 27.8 Å². The summed E-state index contributed by atoms with van der Waals surface area (Å²) in [5.41, 5.74) is 6.61. The van der Waals surface area contributed by atoms with E-state index in [0.29, 0.717) is 0 Å². The zero-order valence-corrected chi connectivity index (χ0v) is 13.8. The van der Waals surface area contributed by atoms with Crippen LogP contribution in [0.25, 0.3) is 10.9 Å². The maximum Gasteiger partial charge on any atom is 0.0758 e. The zero-order chi connectivity index (χ0) is 14.1. The number of nitrogens with zero attached hydrogens (tertiary/aromatic N) is 1. The van der Waals surface area contributed by atoms with Gasteiger partial charge >= 0.3 is 0 Å². The molecule has 0 amide bonds. The average Bonchev–Trinajstić information content (AvgIpc) is 2.47. The van der Waals surface area contributed by atoms with Crippen molar-refractivity contribution in [1.82, 2.24) is 4.98 Å². The van der Waals surface area contributed by atoms with Gasteiger partial charge in [-0.05, 0) is 62.3 Å². The number of aryl methyl sites for hydroxylation is 2. The lowest BCUT2D eigenvalue weighted by Gasteiger charge is -2.22. The average molecular weight is 333 g/mol. The monoisotopic (exact) mass is 332 g/mol. The highest BCUT2D eigenvalue weighted by Gasteiger charge is 2.19. The number of fused-ring (bicyclic) bond motifs is 2. The molecule has 1 aliphatic rings. The first-order valence-electron chi connectivity index (χ1n) is 7.62. The number of anilines is 1. The molecule has 1 heterocycles. The molecule has 0 spiro atoms. The van der Waals surface area contributed by atoms with E-state index in [1.165, 1.54) is 46.3 Å². The van der Waals surface area contributed by atoms with Crippen molar-refractivity contribution in [3.05, 3.63) is 33.4 Å². The minimum absolute atomic E-state index is 0.958. The van der Waals surface area contributed by atoms with Crippen LogP contribution in [0, 0.1) is 0 Å². The van der Waals surface area contributed by atoms with Gasteiger partial charge in [0.05, 0.1) is 5.52 Å². The summed E-state index contributed by atoms with van der Waals surface area (Å²) in [5.74, 6) is 0. The van der Waals surface area contributed by atoms with Crippen molar-refractivity contribution in [2.45, 2.75) is 46.0 Å². The van der Waals surface area contributed by atoms with Crippen LogP contribution >= 0.6 is 15.9 Å². The van der Waals surface area contributed by atoms with Crippen LogP contribution in [0.15, 0.2) is 16.6 Å². The highest BCUT2D eigenvalue weighted by Crippen LogP contribution is 2.36. The van der Waals surface area contributed by atoms with Crippen molar-refractivity contribution in [2.24, 2.45) is 0 Å². The number of hydrogen-bond acceptors (Lipinski definition) is 2. The highest BCUT2D eigenvalue weighted by molar-refractivity contribution is 9.10. The van der Waals surface area contributed by atoms with Crippen molar-refractivity contribution >= 4 is 32.5 Å². The van der Waals surface area contributed by atoms with E-state index in [9.17, 15) is 0 Å². The van der Waals surface area contributed by atoms with Crippen molar-refractivity contribution in [3.8, 4) is 0 Å². The van der Waals surface area contributed by atoms with Gasteiger partial charge in [-0.1, -0.05) is 22.9 Å². The molecule has 1 N–H and O–H groups in total. The van der Waals surface area contributed by atoms with Gasteiger partial charge in [-0.15, -0.1) is 0 Å². The van der Waals surface area contributed by atoms with Crippen LogP contribution < -0.4 is 5.32 Å². The molecule has 0 saturated heterocycles. The molecule has 3 heteroatoms. The summed E-state index contributed by atoms with van der Waals surface area (Å²) in [6.07, 6.45) is 5.87. The largest absolute Gasteiger partial charge is 0.384 e. The van der Waals surface area contributed by atoms with Crippen molar-refractivity contribution in [2.75, 3.05) is 11.9 Å². The van der Waals surface area contributed by atoms with Crippen molar-refractivity contribution in [1.29, 1.82) is 0 Å². The Morgan fingerprint density at radius 3 is 2.75 bits per heavy atom. The van der Waals surface area contributed by atoms with Gasteiger partial charge in [0.2, 0.25) is 0 Å². The lowest BCUT2D eigenvalue weighted by molar-refractivity contribution is 0.672. The molecule has 106 valence electrons.